The first-order valence-corrected chi connectivity index (χ1v) is 2.67. The Morgan fingerprint density at radius 2 is 2.17 bits per heavy atom. The van der Waals surface area contributed by atoms with E-state index in [2.05, 4.69) is 37.6 Å². The average Bonchev–Trinajstić information content (AvgIpc) is 2.60. The Labute approximate surface area is 66.8 Å². The molecule has 0 unspecified atom stereocenters. The molecule has 1 aromatic rings. The Morgan fingerprint density at radius 3 is 2.58 bits per heavy atom. The first-order chi connectivity index (χ1) is 5.83. The minimum Gasteiger partial charge on any atom is -0.276 e. The average molecular weight is 175 g/mol. The van der Waals surface area contributed by atoms with Crippen molar-refractivity contribution < 1.29 is 4.79 Å². The van der Waals surface area contributed by atoms with Gasteiger partial charge in [0.15, 0.2) is 0 Å². The van der Waals surface area contributed by atoms with Gasteiger partial charge in [-0.3, -0.25) is 22.4 Å². The number of urea groups is 1. The van der Waals surface area contributed by atoms with Gasteiger partial charge in [-0.05, 0) is 5.21 Å². The zero-order valence-electron chi connectivity index (χ0n) is 5.98. The maximum atomic E-state index is 10.4. The maximum Gasteiger partial charge on any atom is 0.335 e. The van der Waals surface area contributed by atoms with Crippen molar-refractivity contribution >= 4 is 12.0 Å². The molecule has 0 spiro atoms. The van der Waals surface area contributed by atoms with Gasteiger partial charge < -0.3 is 0 Å². The Morgan fingerprint density at radius 1 is 1.50 bits per heavy atom. The molecule has 0 aliphatic rings. The summed E-state index contributed by atoms with van der Waals surface area (Å²) in [6, 6.07) is -0.596. The van der Waals surface area contributed by atoms with Crippen molar-refractivity contribution in [1.82, 2.24) is 26.0 Å². The number of amides is 2. The number of nitrogens with two attached hydrogens (primary N) is 3. The van der Waals surface area contributed by atoms with Crippen LogP contribution >= 0.6 is 0 Å². The van der Waals surface area contributed by atoms with Crippen molar-refractivity contribution in [2.75, 3.05) is 5.32 Å². The molecule has 0 aliphatic heterocycles. The van der Waals surface area contributed by atoms with Gasteiger partial charge >= 0.3 is 6.03 Å². The number of anilines is 1. The molecule has 1 rings (SSSR count). The zero-order chi connectivity index (χ0) is 9.40. The third-order valence-electron chi connectivity index (χ3n) is 0.702. The molecule has 0 saturated heterocycles. The number of carbonyl (C=O) groups is 1. The first kappa shape index (κ1) is 10.2. The van der Waals surface area contributed by atoms with Crippen LogP contribution in [0.4, 0.5) is 10.7 Å². The second kappa shape index (κ2) is 5.96. The summed E-state index contributed by atoms with van der Waals surface area (Å²) >= 11 is 0. The monoisotopic (exact) mass is 175 g/mol. The van der Waals surface area contributed by atoms with Gasteiger partial charge in [0, 0.05) is 0 Å². The molecule has 1 heterocycles. The highest BCUT2D eigenvalue weighted by Gasteiger charge is 2.00. The first-order valence-electron chi connectivity index (χ1n) is 2.67. The lowest BCUT2D eigenvalue weighted by molar-refractivity contribution is 0.252. The molecule has 1 aromatic heterocycles. The van der Waals surface area contributed by atoms with Gasteiger partial charge in [-0.25, -0.2) is 10.6 Å². The Kier molecular flexibility index (Phi) is 5.08. The van der Waals surface area contributed by atoms with Crippen LogP contribution in [0.15, 0.2) is 0 Å². The van der Waals surface area contributed by atoms with Crippen molar-refractivity contribution in [3.63, 3.8) is 0 Å². The number of hydrazine groups is 2. The number of hydrogen-bond acceptors (Lipinski definition) is 7. The third kappa shape index (κ3) is 3.40. The number of carbonyl (C=O) groups excluding carboxylic acids is 1. The number of nitrogens with zero attached hydrogens (tertiary/aromatic N) is 3. The molecule has 0 aromatic carbocycles. The molecule has 0 fully saturated rings. The topological polar surface area (TPSA) is 174 Å². The van der Waals surface area contributed by atoms with Crippen LogP contribution < -0.4 is 28.3 Å². The van der Waals surface area contributed by atoms with Crippen LogP contribution in [0, 0.1) is 0 Å². The van der Waals surface area contributed by atoms with Crippen molar-refractivity contribution in [3.05, 3.63) is 0 Å². The third-order valence-corrected chi connectivity index (χ3v) is 0.702. The summed E-state index contributed by atoms with van der Waals surface area (Å²) < 4.78 is 0. The van der Waals surface area contributed by atoms with E-state index < -0.39 is 6.03 Å². The summed E-state index contributed by atoms with van der Waals surface area (Å²) in [5.41, 5.74) is 1.83. The predicted molar refractivity (Wildman–Crippen MR) is 38.9 cm³/mol. The van der Waals surface area contributed by atoms with E-state index in [1.165, 1.54) is 0 Å². The molecular weight excluding hydrogens is 166 g/mol. The largest absolute Gasteiger partial charge is 0.335 e. The summed E-state index contributed by atoms with van der Waals surface area (Å²) in [6.45, 7) is 0. The Bertz CT molecular complexity index is 204. The fourth-order valence-electron chi connectivity index (χ4n) is 0.352. The normalized spacial score (nSPS) is 7.92. The van der Waals surface area contributed by atoms with Crippen molar-refractivity contribution in [1.29, 1.82) is 0 Å². The summed E-state index contributed by atoms with van der Waals surface area (Å²) in [7, 11) is 0. The highest BCUT2D eigenvalue weighted by molar-refractivity contribution is 5.86. The van der Waals surface area contributed by atoms with Gasteiger partial charge in [-0.2, -0.15) is 5.21 Å². The van der Waals surface area contributed by atoms with Crippen LogP contribution in [0.25, 0.3) is 0 Å². The maximum absolute atomic E-state index is 10.4. The molecular formula is C2H9N9O. The van der Waals surface area contributed by atoms with Gasteiger partial charge in [-0.1, -0.05) is 5.10 Å². The van der Waals surface area contributed by atoms with Gasteiger partial charge in [0.05, 0.1) is 0 Å². The number of tetrazole rings is 1. The van der Waals surface area contributed by atoms with Crippen LogP contribution in [0.5, 0.6) is 0 Å². The standard InChI is InChI=1S/C2H5N7O.H4N2/c3-5-2(10)4-1-6-8-9-7-1;1-2/h3H2,(H3,4,5,6,7,8,9,10);1-2H2. The fourth-order valence-corrected chi connectivity index (χ4v) is 0.352. The molecule has 0 aliphatic carbocycles. The van der Waals surface area contributed by atoms with Crippen molar-refractivity contribution in [2.45, 2.75) is 0 Å². The SMILES string of the molecule is NN.NNC(=O)Nc1nn[nH]n1. The predicted octanol–water partition coefficient (Wildman–Crippen LogP) is -2.99. The molecule has 0 atom stereocenters. The van der Waals surface area contributed by atoms with Crippen LogP contribution in [-0.2, 0) is 0 Å². The Balaban J connectivity index is 0.000000561. The lowest BCUT2D eigenvalue weighted by Gasteiger charge is -1.94. The molecule has 10 heteroatoms. The molecule has 10 nitrogen and oxygen atoms in total. The highest BCUT2D eigenvalue weighted by Crippen LogP contribution is 1.87. The fraction of sp³-hybridized carbons (Fsp3) is 0. The van der Waals surface area contributed by atoms with E-state index in [1.807, 2.05) is 5.43 Å². The van der Waals surface area contributed by atoms with Crippen LogP contribution in [0.3, 0.4) is 0 Å². The van der Waals surface area contributed by atoms with E-state index in [0.717, 1.165) is 0 Å². The summed E-state index contributed by atoms with van der Waals surface area (Å²) in [5, 5.41) is 14.4. The lowest BCUT2D eigenvalue weighted by atomic mass is 10.9. The quantitative estimate of drug-likeness (QED) is 0.150. The summed E-state index contributed by atoms with van der Waals surface area (Å²) in [6.07, 6.45) is 0. The Hall–Kier alpha value is -1.78. The van der Waals surface area contributed by atoms with Crippen molar-refractivity contribution in [2.24, 2.45) is 17.5 Å². The van der Waals surface area contributed by atoms with Crippen LogP contribution in [-0.4, -0.2) is 26.7 Å². The minimum absolute atomic E-state index is 0.0722. The second-order valence-corrected chi connectivity index (χ2v) is 1.33. The van der Waals surface area contributed by atoms with Crippen molar-refractivity contribution in [3.8, 4) is 0 Å². The van der Waals surface area contributed by atoms with Gasteiger partial charge in [0.2, 0.25) is 0 Å². The van der Waals surface area contributed by atoms with Gasteiger partial charge in [-0.15, -0.1) is 5.10 Å². The smallest absolute Gasteiger partial charge is 0.276 e. The van der Waals surface area contributed by atoms with Crippen LogP contribution in [0.1, 0.15) is 0 Å². The zero-order valence-corrected chi connectivity index (χ0v) is 5.98. The molecule has 0 radical (unpaired) electrons. The number of rotatable bonds is 1. The van der Waals surface area contributed by atoms with E-state index in [-0.39, 0.29) is 5.95 Å². The summed E-state index contributed by atoms with van der Waals surface area (Å²) in [4.78, 5) is 10.4. The van der Waals surface area contributed by atoms with Gasteiger partial charge in [0.25, 0.3) is 5.95 Å². The summed E-state index contributed by atoms with van der Waals surface area (Å²) in [5.74, 6) is 12.8. The molecule has 12 heavy (non-hydrogen) atoms. The molecule has 9 N–H and O–H groups in total. The number of aromatic amines is 1. The molecule has 2 amide bonds. The van der Waals surface area contributed by atoms with E-state index in [0.29, 0.717) is 0 Å². The number of nitrogens with one attached hydrogen (secondary N) is 3. The van der Waals surface area contributed by atoms with Crippen LogP contribution in [0.2, 0.25) is 0 Å². The number of H-pyrrole nitrogens is 1. The van der Waals surface area contributed by atoms with E-state index in [1.54, 1.807) is 0 Å². The van der Waals surface area contributed by atoms with Gasteiger partial charge in [0.1, 0.15) is 0 Å². The van der Waals surface area contributed by atoms with E-state index >= 15 is 0 Å². The second-order valence-electron chi connectivity index (χ2n) is 1.33. The molecule has 0 bridgehead atoms. The lowest BCUT2D eigenvalue weighted by Crippen LogP contribution is -2.34. The van der Waals surface area contributed by atoms with E-state index in [9.17, 15) is 4.79 Å². The molecule has 0 saturated carbocycles. The number of hydrogen-bond donors (Lipinski definition) is 6. The number of aromatic nitrogens is 4. The molecule has 68 valence electrons. The van der Waals surface area contributed by atoms with E-state index in [4.69, 9.17) is 5.84 Å². The minimum atomic E-state index is -0.596. The highest BCUT2D eigenvalue weighted by atomic mass is 16.2.